The summed E-state index contributed by atoms with van der Waals surface area (Å²) in [7, 11) is 0. The Morgan fingerprint density at radius 1 is 1.00 bits per heavy atom. The standard InChI is InChI=1S/C13H26N6/c1-4-18(5-2)8-7-9-19(6-3)12-10-11(14)16-13(15)17-12/h10H,4-9H2,1-3H3,(H4,14,15,16,17). The third-order valence-corrected chi connectivity index (χ3v) is 3.25. The van der Waals surface area contributed by atoms with Crippen molar-refractivity contribution >= 4 is 17.6 Å². The summed E-state index contributed by atoms with van der Waals surface area (Å²) in [5, 5.41) is 0. The fourth-order valence-electron chi connectivity index (χ4n) is 2.09. The van der Waals surface area contributed by atoms with Crippen molar-refractivity contribution in [3.8, 4) is 0 Å². The van der Waals surface area contributed by atoms with Crippen molar-refractivity contribution in [2.75, 3.05) is 49.1 Å². The van der Waals surface area contributed by atoms with Gasteiger partial charge in [0.05, 0.1) is 0 Å². The minimum atomic E-state index is 0.234. The van der Waals surface area contributed by atoms with Gasteiger partial charge < -0.3 is 21.3 Å². The topological polar surface area (TPSA) is 84.3 Å². The Bertz CT molecular complexity index is 357. The monoisotopic (exact) mass is 266 g/mol. The van der Waals surface area contributed by atoms with Crippen molar-refractivity contribution in [3.63, 3.8) is 0 Å². The first-order chi connectivity index (χ1) is 9.10. The maximum Gasteiger partial charge on any atom is 0.223 e. The van der Waals surface area contributed by atoms with Crippen molar-refractivity contribution in [2.45, 2.75) is 27.2 Å². The van der Waals surface area contributed by atoms with Gasteiger partial charge in [0.1, 0.15) is 11.6 Å². The van der Waals surface area contributed by atoms with E-state index in [9.17, 15) is 0 Å². The Kier molecular flexibility index (Phi) is 6.35. The predicted molar refractivity (Wildman–Crippen MR) is 81.1 cm³/mol. The van der Waals surface area contributed by atoms with Crippen LogP contribution in [-0.4, -0.2) is 47.6 Å². The van der Waals surface area contributed by atoms with E-state index in [1.165, 1.54) is 0 Å². The zero-order chi connectivity index (χ0) is 14.3. The van der Waals surface area contributed by atoms with Gasteiger partial charge in [0.15, 0.2) is 0 Å². The van der Waals surface area contributed by atoms with Crippen LogP contribution in [0.15, 0.2) is 6.07 Å². The molecule has 0 aliphatic carbocycles. The predicted octanol–water partition coefficient (Wildman–Crippen LogP) is 1.20. The van der Waals surface area contributed by atoms with Gasteiger partial charge in [-0.2, -0.15) is 9.97 Å². The lowest BCUT2D eigenvalue weighted by atomic mass is 10.3. The summed E-state index contributed by atoms with van der Waals surface area (Å²) in [6, 6.07) is 1.78. The van der Waals surface area contributed by atoms with Crippen LogP contribution in [0.5, 0.6) is 0 Å². The number of hydrogen-bond acceptors (Lipinski definition) is 6. The van der Waals surface area contributed by atoms with Gasteiger partial charge in [0, 0.05) is 19.2 Å². The van der Waals surface area contributed by atoms with Crippen molar-refractivity contribution in [1.29, 1.82) is 0 Å². The second-order valence-corrected chi connectivity index (χ2v) is 4.47. The molecule has 0 atom stereocenters. The third-order valence-electron chi connectivity index (χ3n) is 3.25. The molecule has 0 saturated heterocycles. The Hall–Kier alpha value is -1.56. The lowest BCUT2D eigenvalue weighted by Crippen LogP contribution is -2.30. The number of aromatic nitrogens is 2. The molecule has 0 bridgehead atoms. The summed E-state index contributed by atoms with van der Waals surface area (Å²) in [6.07, 6.45) is 1.10. The van der Waals surface area contributed by atoms with Gasteiger partial charge in [-0.1, -0.05) is 13.8 Å². The Balaban J connectivity index is 2.58. The Morgan fingerprint density at radius 3 is 2.21 bits per heavy atom. The van der Waals surface area contributed by atoms with Gasteiger partial charge in [-0.25, -0.2) is 0 Å². The number of nitrogens with zero attached hydrogens (tertiary/aromatic N) is 4. The van der Waals surface area contributed by atoms with Gasteiger partial charge in [0.25, 0.3) is 0 Å². The minimum Gasteiger partial charge on any atom is -0.383 e. The highest BCUT2D eigenvalue weighted by molar-refractivity contribution is 5.50. The molecule has 0 aliphatic rings. The average Bonchev–Trinajstić information content (AvgIpc) is 2.38. The molecule has 1 rings (SSSR count). The first-order valence-corrected chi connectivity index (χ1v) is 6.98. The lowest BCUT2D eigenvalue weighted by molar-refractivity contribution is 0.300. The second kappa shape index (κ2) is 7.78. The lowest BCUT2D eigenvalue weighted by Gasteiger charge is -2.24. The molecule has 1 aromatic heterocycles. The highest BCUT2D eigenvalue weighted by atomic mass is 15.2. The molecule has 108 valence electrons. The van der Waals surface area contributed by atoms with E-state index in [1.807, 2.05) is 0 Å². The van der Waals surface area contributed by atoms with Gasteiger partial charge in [-0.05, 0) is 33.0 Å². The molecule has 0 spiro atoms. The maximum atomic E-state index is 5.71. The zero-order valence-corrected chi connectivity index (χ0v) is 12.3. The third kappa shape index (κ3) is 4.90. The van der Waals surface area contributed by atoms with Crippen LogP contribution in [0, 0.1) is 0 Å². The summed E-state index contributed by atoms with van der Waals surface area (Å²) in [5.74, 6) is 1.47. The molecule has 0 aromatic carbocycles. The highest BCUT2D eigenvalue weighted by Gasteiger charge is 2.09. The number of hydrogen-bond donors (Lipinski definition) is 2. The van der Waals surface area contributed by atoms with Gasteiger partial charge in [-0.15, -0.1) is 0 Å². The number of nitrogens with two attached hydrogens (primary N) is 2. The van der Waals surface area contributed by atoms with Crippen LogP contribution < -0.4 is 16.4 Å². The molecule has 0 radical (unpaired) electrons. The van der Waals surface area contributed by atoms with Gasteiger partial charge >= 0.3 is 0 Å². The van der Waals surface area contributed by atoms with Crippen molar-refractivity contribution in [1.82, 2.24) is 14.9 Å². The summed E-state index contributed by atoms with van der Waals surface area (Å²) < 4.78 is 0. The van der Waals surface area contributed by atoms with Crippen molar-refractivity contribution in [2.24, 2.45) is 0 Å². The highest BCUT2D eigenvalue weighted by Crippen LogP contribution is 2.15. The maximum absolute atomic E-state index is 5.71. The molecule has 0 amide bonds. The van der Waals surface area contributed by atoms with E-state index >= 15 is 0 Å². The zero-order valence-electron chi connectivity index (χ0n) is 12.3. The molecule has 4 N–H and O–H groups in total. The molecule has 0 unspecified atom stereocenters. The molecule has 0 fully saturated rings. The SMILES string of the molecule is CCN(CC)CCCN(CC)c1cc(N)nc(N)n1. The van der Waals surface area contributed by atoms with E-state index in [-0.39, 0.29) is 5.95 Å². The van der Waals surface area contributed by atoms with E-state index < -0.39 is 0 Å². The molecule has 6 heteroatoms. The van der Waals surface area contributed by atoms with E-state index in [1.54, 1.807) is 6.07 Å². The molecule has 1 aromatic rings. The minimum absolute atomic E-state index is 0.234. The average molecular weight is 266 g/mol. The van der Waals surface area contributed by atoms with Crippen molar-refractivity contribution in [3.05, 3.63) is 6.07 Å². The van der Waals surface area contributed by atoms with E-state index in [0.29, 0.717) is 5.82 Å². The fraction of sp³-hybridized carbons (Fsp3) is 0.692. The van der Waals surface area contributed by atoms with Crippen molar-refractivity contribution < 1.29 is 0 Å². The van der Waals surface area contributed by atoms with Crippen LogP contribution >= 0.6 is 0 Å². The molecular weight excluding hydrogens is 240 g/mol. The van der Waals surface area contributed by atoms with Crippen LogP contribution in [0.2, 0.25) is 0 Å². The molecule has 6 nitrogen and oxygen atoms in total. The molecule has 0 aliphatic heterocycles. The second-order valence-electron chi connectivity index (χ2n) is 4.47. The van der Waals surface area contributed by atoms with E-state index in [4.69, 9.17) is 11.5 Å². The molecule has 1 heterocycles. The van der Waals surface area contributed by atoms with Crippen LogP contribution in [-0.2, 0) is 0 Å². The summed E-state index contributed by atoms with van der Waals surface area (Å²) in [4.78, 5) is 12.7. The molecule has 19 heavy (non-hydrogen) atoms. The normalized spacial score (nSPS) is 10.9. The number of rotatable bonds is 8. The number of anilines is 3. The van der Waals surface area contributed by atoms with Crippen LogP contribution in [0.1, 0.15) is 27.2 Å². The van der Waals surface area contributed by atoms with Crippen LogP contribution in [0.25, 0.3) is 0 Å². The summed E-state index contributed by atoms with van der Waals surface area (Å²) in [5.41, 5.74) is 11.3. The molecular formula is C13H26N6. The Labute approximate surface area is 115 Å². The molecule has 0 saturated carbocycles. The van der Waals surface area contributed by atoms with Crippen LogP contribution in [0.3, 0.4) is 0 Å². The first kappa shape index (κ1) is 15.5. The summed E-state index contributed by atoms with van der Waals surface area (Å²) >= 11 is 0. The Morgan fingerprint density at radius 2 is 1.68 bits per heavy atom. The smallest absolute Gasteiger partial charge is 0.223 e. The quantitative estimate of drug-likeness (QED) is 0.735. The van der Waals surface area contributed by atoms with Gasteiger partial charge in [0.2, 0.25) is 5.95 Å². The number of nitrogen functional groups attached to an aromatic ring is 2. The fourth-order valence-corrected chi connectivity index (χ4v) is 2.09. The first-order valence-electron chi connectivity index (χ1n) is 6.98. The van der Waals surface area contributed by atoms with E-state index in [2.05, 4.69) is 40.5 Å². The van der Waals surface area contributed by atoms with Gasteiger partial charge in [-0.3, -0.25) is 0 Å². The largest absolute Gasteiger partial charge is 0.383 e. The van der Waals surface area contributed by atoms with Crippen LogP contribution in [0.4, 0.5) is 17.6 Å². The van der Waals surface area contributed by atoms with E-state index in [0.717, 1.165) is 45.0 Å². The summed E-state index contributed by atoms with van der Waals surface area (Å²) in [6.45, 7) is 11.6.